The first-order valence-corrected chi connectivity index (χ1v) is 5.84. The monoisotopic (exact) mass is 250 g/mol. The number of hydrogen-bond acceptors (Lipinski definition) is 4. The van der Waals surface area contributed by atoms with Gasteiger partial charge in [0.1, 0.15) is 0 Å². The summed E-state index contributed by atoms with van der Waals surface area (Å²) in [6.45, 7) is 4.10. The molecular formula is C13H18N2O3. The van der Waals surface area contributed by atoms with E-state index >= 15 is 0 Å². The van der Waals surface area contributed by atoms with Gasteiger partial charge in [-0.05, 0) is 31.0 Å². The average Bonchev–Trinajstić information content (AvgIpc) is 2.36. The lowest BCUT2D eigenvalue weighted by atomic mass is 10.1. The van der Waals surface area contributed by atoms with Crippen LogP contribution in [0.4, 0.5) is 5.69 Å². The molecule has 0 radical (unpaired) electrons. The number of nitrogen functional groups attached to an aromatic ring is 1. The van der Waals surface area contributed by atoms with E-state index in [0.29, 0.717) is 17.8 Å². The van der Waals surface area contributed by atoms with E-state index in [1.165, 1.54) is 0 Å². The number of benzene rings is 1. The van der Waals surface area contributed by atoms with Gasteiger partial charge in [0.2, 0.25) is 0 Å². The van der Waals surface area contributed by atoms with Crippen LogP contribution in [0.5, 0.6) is 0 Å². The number of nitrogens with two attached hydrogens (primary N) is 1. The van der Waals surface area contributed by atoms with Gasteiger partial charge in [-0.2, -0.15) is 0 Å². The lowest BCUT2D eigenvalue weighted by molar-refractivity contribution is -0.124. The van der Waals surface area contributed by atoms with Crippen molar-refractivity contribution in [3.05, 3.63) is 29.3 Å². The average molecular weight is 250 g/mol. The SMILES string of the molecule is CCCNC(=O)COC(=O)c1ccc(C)c(N)c1. The van der Waals surface area contributed by atoms with E-state index in [2.05, 4.69) is 5.32 Å². The van der Waals surface area contributed by atoms with Crippen molar-refractivity contribution >= 4 is 17.6 Å². The molecule has 0 aromatic heterocycles. The zero-order valence-corrected chi connectivity index (χ0v) is 10.7. The molecule has 0 atom stereocenters. The number of esters is 1. The van der Waals surface area contributed by atoms with E-state index in [1.807, 2.05) is 13.8 Å². The molecule has 0 saturated heterocycles. The molecule has 0 bridgehead atoms. The number of rotatable bonds is 5. The van der Waals surface area contributed by atoms with Crippen molar-refractivity contribution < 1.29 is 14.3 Å². The second-order valence-corrected chi connectivity index (χ2v) is 4.00. The highest BCUT2D eigenvalue weighted by atomic mass is 16.5. The highest BCUT2D eigenvalue weighted by molar-refractivity contribution is 5.92. The van der Waals surface area contributed by atoms with E-state index in [4.69, 9.17) is 10.5 Å². The van der Waals surface area contributed by atoms with Gasteiger partial charge in [0, 0.05) is 12.2 Å². The van der Waals surface area contributed by atoms with E-state index in [1.54, 1.807) is 18.2 Å². The predicted octanol–water partition coefficient (Wildman–Crippen LogP) is 1.26. The molecule has 18 heavy (non-hydrogen) atoms. The molecule has 0 aliphatic rings. The van der Waals surface area contributed by atoms with Crippen molar-refractivity contribution in [1.29, 1.82) is 0 Å². The minimum Gasteiger partial charge on any atom is -0.452 e. The molecule has 0 aliphatic heterocycles. The molecule has 3 N–H and O–H groups in total. The Morgan fingerprint density at radius 1 is 1.39 bits per heavy atom. The van der Waals surface area contributed by atoms with Crippen molar-refractivity contribution in [2.75, 3.05) is 18.9 Å². The van der Waals surface area contributed by atoms with Crippen molar-refractivity contribution in [2.24, 2.45) is 0 Å². The first-order chi connectivity index (χ1) is 8.54. The van der Waals surface area contributed by atoms with Gasteiger partial charge >= 0.3 is 5.97 Å². The molecule has 1 aromatic rings. The molecule has 1 amide bonds. The Kier molecular flexibility index (Phi) is 5.17. The summed E-state index contributed by atoms with van der Waals surface area (Å²) in [5, 5.41) is 2.62. The van der Waals surface area contributed by atoms with Crippen molar-refractivity contribution in [1.82, 2.24) is 5.32 Å². The van der Waals surface area contributed by atoms with Gasteiger partial charge in [-0.3, -0.25) is 4.79 Å². The van der Waals surface area contributed by atoms with Crippen molar-refractivity contribution in [3.63, 3.8) is 0 Å². The zero-order chi connectivity index (χ0) is 13.5. The fraction of sp³-hybridized carbons (Fsp3) is 0.385. The lowest BCUT2D eigenvalue weighted by Crippen LogP contribution is -2.29. The summed E-state index contributed by atoms with van der Waals surface area (Å²) in [6, 6.07) is 4.91. The van der Waals surface area contributed by atoms with Crippen LogP contribution in [0, 0.1) is 6.92 Å². The van der Waals surface area contributed by atoms with E-state index < -0.39 is 5.97 Å². The van der Waals surface area contributed by atoms with E-state index in [9.17, 15) is 9.59 Å². The van der Waals surface area contributed by atoms with Crippen LogP contribution in [0.2, 0.25) is 0 Å². The van der Waals surface area contributed by atoms with Crippen molar-refractivity contribution in [3.8, 4) is 0 Å². The van der Waals surface area contributed by atoms with Gasteiger partial charge in [-0.1, -0.05) is 13.0 Å². The van der Waals surface area contributed by atoms with Gasteiger partial charge < -0.3 is 15.8 Å². The molecule has 0 aliphatic carbocycles. The quantitative estimate of drug-likeness (QED) is 0.609. The molecule has 5 nitrogen and oxygen atoms in total. The van der Waals surface area contributed by atoms with Crippen LogP contribution in [0.1, 0.15) is 29.3 Å². The summed E-state index contributed by atoms with van der Waals surface area (Å²) in [5.74, 6) is -0.848. The first kappa shape index (κ1) is 14.0. The minimum absolute atomic E-state index is 0.271. The second kappa shape index (κ2) is 6.64. The highest BCUT2D eigenvalue weighted by Crippen LogP contribution is 2.13. The fourth-order valence-corrected chi connectivity index (χ4v) is 1.30. The summed E-state index contributed by atoms with van der Waals surface area (Å²) in [7, 11) is 0. The molecule has 5 heteroatoms. The molecule has 0 unspecified atom stereocenters. The van der Waals surface area contributed by atoms with Gasteiger partial charge in [-0.15, -0.1) is 0 Å². The summed E-state index contributed by atoms with van der Waals surface area (Å²) < 4.78 is 4.88. The smallest absolute Gasteiger partial charge is 0.338 e. The van der Waals surface area contributed by atoms with Gasteiger partial charge in [0.15, 0.2) is 6.61 Å². The molecule has 0 fully saturated rings. The Bertz CT molecular complexity index is 444. The van der Waals surface area contributed by atoms with Gasteiger partial charge in [-0.25, -0.2) is 4.79 Å². The largest absolute Gasteiger partial charge is 0.452 e. The minimum atomic E-state index is -0.548. The summed E-state index contributed by atoms with van der Waals surface area (Å²) in [4.78, 5) is 22.9. The Balaban J connectivity index is 2.50. The number of nitrogens with one attached hydrogen (secondary N) is 1. The normalized spacial score (nSPS) is 9.89. The Morgan fingerprint density at radius 3 is 2.72 bits per heavy atom. The van der Waals surface area contributed by atoms with Crippen LogP contribution >= 0.6 is 0 Å². The summed E-state index contributed by atoms with van der Waals surface area (Å²) in [5.41, 5.74) is 7.46. The predicted molar refractivity (Wildman–Crippen MR) is 69.2 cm³/mol. The number of carbonyl (C=O) groups excluding carboxylic acids is 2. The molecule has 1 aromatic carbocycles. The van der Waals surface area contributed by atoms with E-state index in [0.717, 1.165) is 12.0 Å². The van der Waals surface area contributed by atoms with Crippen LogP contribution in [0.3, 0.4) is 0 Å². The van der Waals surface area contributed by atoms with Crippen LogP contribution in [-0.4, -0.2) is 25.0 Å². The fourth-order valence-electron chi connectivity index (χ4n) is 1.30. The number of ether oxygens (including phenoxy) is 1. The third-order valence-electron chi connectivity index (χ3n) is 2.42. The molecule has 0 saturated carbocycles. The van der Waals surface area contributed by atoms with Crippen LogP contribution < -0.4 is 11.1 Å². The number of aryl methyl sites for hydroxylation is 1. The van der Waals surface area contributed by atoms with Gasteiger partial charge in [0.25, 0.3) is 5.91 Å². The number of amides is 1. The third kappa shape index (κ3) is 4.08. The highest BCUT2D eigenvalue weighted by Gasteiger charge is 2.10. The Hall–Kier alpha value is -2.04. The van der Waals surface area contributed by atoms with Crippen LogP contribution in [0.15, 0.2) is 18.2 Å². The van der Waals surface area contributed by atoms with Crippen LogP contribution in [0.25, 0.3) is 0 Å². The molecule has 0 heterocycles. The molecule has 0 spiro atoms. The number of anilines is 1. The standard InChI is InChI=1S/C13H18N2O3/c1-3-6-15-12(16)8-18-13(17)10-5-4-9(2)11(14)7-10/h4-5,7H,3,6,8,14H2,1-2H3,(H,15,16). The second-order valence-electron chi connectivity index (χ2n) is 4.00. The van der Waals surface area contributed by atoms with Gasteiger partial charge in [0.05, 0.1) is 5.56 Å². The maximum atomic E-state index is 11.6. The van der Waals surface area contributed by atoms with E-state index in [-0.39, 0.29) is 12.5 Å². The maximum absolute atomic E-state index is 11.6. The molecule has 98 valence electrons. The Morgan fingerprint density at radius 2 is 2.11 bits per heavy atom. The molecule has 1 rings (SSSR count). The summed E-state index contributed by atoms with van der Waals surface area (Å²) >= 11 is 0. The molecular weight excluding hydrogens is 232 g/mol. The lowest BCUT2D eigenvalue weighted by Gasteiger charge is -2.07. The number of carbonyl (C=O) groups is 2. The zero-order valence-electron chi connectivity index (χ0n) is 10.7. The van der Waals surface area contributed by atoms with Crippen molar-refractivity contribution in [2.45, 2.75) is 20.3 Å². The Labute approximate surface area is 106 Å². The van der Waals surface area contributed by atoms with Crippen LogP contribution in [-0.2, 0) is 9.53 Å². The summed E-state index contributed by atoms with van der Waals surface area (Å²) in [6.07, 6.45) is 0.841. The first-order valence-electron chi connectivity index (χ1n) is 5.84. The third-order valence-corrected chi connectivity index (χ3v) is 2.42. The number of hydrogen-bond donors (Lipinski definition) is 2. The maximum Gasteiger partial charge on any atom is 0.338 e. The topological polar surface area (TPSA) is 81.4 Å².